The van der Waals surface area contributed by atoms with Crippen molar-refractivity contribution in [1.82, 2.24) is 0 Å². The van der Waals surface area contributed by atoms with E-state index < -0.39 is 11.9 Å². The minimum absolute atomic E-state index is 0.0348. The summed E-state index contributed by atoms with van der Waals surface area (Å²) in [7, 11) is 3.04. The summed E-state index contributed by atoms with van der Waals surface area (Å²) >= 11 is 9.59. The van der Waals surface area contributed by atoms with Crippen LogP contribution in [0, 0.1) is 11.3 Å². The van der Waals surface area contributed by atoms with Crippen LogP contribution in [0.5, 0.6) is 23.0 Å². The first kappa shape index (κ1) is 23.5. The molecule has 9 heteroatoms. The Kier molecular flexibility index (Phi) is 6.68. The van der Waals surface area contributed by atoms with Crippen molar-refractivity contribution in [3.63, 3.8) is 0 Å². The van der Waals surface area contributed by atoms with Crippen molar-refractivity contribution in [3.8, 4) is 29.1 Å². The van der Waals surface area contributed by atoms with Crippen molar-refractivity contribution < 1.29 is 23.7 Å². The minimum Gasteiger partial charge on any atom is -0.496 e. The normalized spacial score (nSPS) is 14.5. The molecule has 3 aromatic rings. The van der Waals surface area contributed by atoms with Crippen molar-refractivity contribution in [2.75, 3.05) is 14.2 Å². The monoisotopic (exact) mass is 540 g/mol. The molecule has 0 saturated heterocycles. The van der Waals surface area contributed by atoms with Gasteiger partial charge < -0.3 is 24.7 Å². The Bertz CT molecular complexity index is 1370. The molecule has 1 atom stereocenters. The summed E-state index contributed by atoms with van der Waals surface area (Å²) < 4.78 is 22.7. The Morgan fingerprint density at radius 2 is 1.79 bits per heavy atom. The van der Waals surface area contributed by atoms with E-state index in [-0.39, 0.29) is 22.8 Å². The molecule has 1 aliphatic heterocycles. The van der Waals surface area contributed by atoms with Gasteiger partial charge in [-0.2, -0.15) is 5.26 Å². The van der Waals surface area contributed by atoms with E-state index in [1.165, 1.54) is 13.2 Å². The highest BCUT2D eigenvalue weighted by molar-refractivity contribution is 9.10. The van der Waals surface area contributed by atoms with Crippen LogP contribution in [0.1, 0.15) is 27.4 Å². The number of methoxy groups -OCH3 is 2. The summed E-state index contributed by atoms with van der Waals surface area (Å²) in [5, 5.41) is 10.1. The fourth-order valence-corrected chi connectivity index (χ4v) is 4.35. The third kappa shape index (κ3) is 4.40. The van der Waals surface area contributed by atoms with Crippen LogP contribution in [-0.2, 0) is 0 Å². The van der Waals surface area contributed by atoms with Gasteiger partial charge in [-0.15, -0.1) is 0 Å². The average Bonchev–Trinajstić information content (AvgIpc) is 2.82. The Labute approximate surface area is 209 Å². The van der Waals surface area contributed by atoms with Crippen molar-refractivity contribution in [1.29, 1.82) is 5.26 Å². The van der Waals surface area contributed by atoms with Crippen LogP contribution in [0.25, 0.3) is 0 Å². The molecule has 0 amide bonds. The summed E-state index contributed by atoms with van der Waals surface area (Å²) in [6, 6.07) is 17.2. The number of benzene rings is 3. The second kappa shape index (κ2) is 9.67. The number of carbonyl (C=O) groups excluding carboxylic acids is 1. The predicted octanol–water partition coefficient (Wildman–Crippen LogP) is 5.56. The molecule has 172 valence electrons. The van der Waals surface area contributed by atoms with Crippen LogP contribution in [-0.4, -0.2) is 20.2 Å². The lowest BCUT2D eigenvalue weighted by Gasteiger charge is -2.27. The molecule has 1 aliphatic rings. The lowest BCUT2D eigenvalue weighted by atomic mass is 9.83. The number of carbonyl (C=O) groups is 1. The molecule has 1 unspecified atom stereocenters. The van der Waals surface area contributed by atoms with Crippen molar-refractivity contribution in [2.45, 2.75) is 5.92 Å². The number of esters is 1. The van der Waals surface area contributed by atoms with Gasteiger partial charge in [-0.1, -0.05) is 33.6 Å². The van der Waals surface area contributed by atoms with E-state index in [0.717, 1.165) is 10.0 Å². The summed E-state index contributed by atoms with van der Waals surface area (Å²) in [6.07, 6.45) is 0. The maximum atomic E-state index is 12.6. The zero-order valence-electron chi connectivity index (χ0n) is 18.1. The maximum Gasteiger partial charge on any atom is 0.343 e. The zero-order chi connectivity index (χ0) is 24.4. The smallest absolute Gasteiger partial charge is 0.343 e. The van der Waals surface area contributed by atoms with Crippen LogP contribution >= 0.6 is 27.5 Å². The molecule has 0 saturated carbocycles. The van der Waals surface area contributed by atoms with E-state index in [9.17, 15) is 10.1 Å². The highest BCUT2D eigenvalue weighted by Gasteiger charge is 2.33. The van der Waals surface area contributed by atoms with Gasteiger partial charge in [0.2, 0.25) is 5.88 Å². The average molecular weight is 542 g/mol. The Hall–Kier alpha value is -3.67. The largest absolute Gasteiger partial charge is 0.496 e. The van der Waals surface area contributed by atoms with Crippen molar-refractivity contribution in [2.24, 2.45) is 5.73 Å². The second-order valence-corrected chi connectivity index (χ2v) is 8.57. The first-order valence-corrected chi connectivity index (χ1v) is 11.1. The van der Waals surface area contributed by atoms with Gasteiger partial charge in [0, 0.05) is 21.7 Å². The van der Waals surface area contributed by atoms with Gasteiger partial charge in [-0.25, -0.2) is 4.79 Å². The van der Waals surface area contributed by atoms with Gasteiger partial charge in [-0.05, 0) is 42.5 Å². The number of hydrogen-bond donors (Lipinski definition) is 1. The van der Waals surface area contributed by atoms with Crippen LogP contribution in [0.15, 0.2) is 70.5 Å². The van der Waals surface area contributed by atoms with Crippen LogP contribution in [0.3, 0.4) is 0 Å². The highest BCUT2D eigenvalue weighted by Crippen LogP contribution is 2.46. The van der Waals surface area contributed by atoms with E-state index >= 15 is 0 Å². The Morgan fingerprint density at radius 1 is 1.06 bits per heavy atom. The summed E-state index contributed by atoms with van der Waals surface area (Å²) in [5.74, 6) is 0.467. The topological polar surface area (TPSA) is 104 Å². The highest BCUT2D eigenvalue weighted by atomic mass is 79.9. The van der Waals surface area contributed by atoms with E-state index in [1.807, 2.05) is 12.1 Å². The van der Waals surface area contributed by atoms with Gasteiger partial charge in [0.1, 0.15) is 34.6 Å². The third-order valence-corrected chi connectivity index (χ3v) is 6.08. The van der Waals surface area contributed by atoms with Gasteiger partial charge in [-0.3, -0.25) is 0 Å². The molecular formula is C25H18BrClN2O5. The van der Waals surface area contributed by atoms with E-state index in [1.54, 1.807) is 43.5 Å². The first-order valence-electron chi connectivity index (χ1n) is 9.97. The number of nitrogens with zero attached hydrogens (tertiary/aromatic N) is 1. The van der Waals surface area contributed by atoms with Gasteiger partial charge in [0.05, 0.1) is 30.7 Å². The van der Waals surface area contributed by atoms with Gasteiger partial charge >= 0.3 is 5.97 Å². The number of nitrogens with two attached hydrogens (primary N) is 1. The van der Waals surface area contributed by atoms with Crippen molar-refractivity contribution >= 4 is 33.5 Å². The third-order valence-electron chi connectivity index (χ3n) is 5.29. The number of rotatable bonds is 5. The number of hydrogen-bond acceptors (Lipinski definition) is 7. The van der Waals surface area contributed by atoms with Crippen molar-refractivity contribution in [3.05, 3.63) is 92.2 Å². The SMILES string of the molecule is COc1ccc(C(=O)Oc2ccc3c(c2)OC(N)=C(C#N)C3c2cc(Br)ccc2OC)cc1Cl. The van der Waals surface area contributed by atoms with Crippen LogP contribution < -0.4 is 24.7 Å². The van der Waals surface area contributed by atoms with E-state index in [0.29, 0.717) is 27.8 Å². The number of nitriles is 1. The molecule has 1 heterocycles. The molecular weight excluding hydrogens is 524 g/mol. The Balaban J connectivity index is 1.71. The molecule has 0 bridgehead atoms. The predicted molar refractivity (Wildman–Crippen MR) is 129 cm³/mol. The van der Waals surface area contributed by atoms with E-state index in [4.69, 9.17) is 36.3 Å². The molecule has 7 nitrogen and oxygen atoms in total. The molecule has 0 aliphatic carbocycles. The number of allylic oxidation sites excluding steroid dienone is 1. The molecule has 0 aromatic heterocycles. The number of fused-ring (bicyclic) bond motifs is 1. The maximum absolute atomic E-state index is 12.6. The standard InChI is InChI=1S/C25H18BrClN2O5/c1-31-20-8-4-14(26)10-17(20)23-16-6-5-15(11-22(16)34-24(29)18(23)12-28)33-25(30)13-3-7-21(32-2)19(27)9-13/h3-11,23H,29H2,1-2H3. The molecule has 4 rings (SSSR count). The molecule has 0 fully saturated rings. The van der Waals surface area contributed by atoms with Gasteiger partial charge in [0.25, 0.3) is 0 Å². The summed E-state index contributed by atoms with van der Waals surface area (Å²) in [4.78, 5) is 12.6. The van der Waals surface area contributed by atoms with Crippen LogP contribution in [0.4, 0.5) is 0 Å². The molecule has 0 spiro atoms. The van der Waals surface area contributed by atoms with Gasteiger partial charge in [0.15, 0.2) is 0 Å². The lowest BCUT2D eigenvalue weighted by Crippen LogP contribution is -2.21. The fraction of sp³-hybridized carbons (Fsp3) is 0.120. The Morgan fingerprint density at radius 3 is 2.47 bits per heavy atom. The molecule has 2 N–H and O–H groups in total. The minimum atomic E-state index is -0.605. The summed E-state index contributed by atoms with van der Waals surface area (Å²) in [5.41, 5.74) is 8.01. The quantitative estimate of drug-likeness (QED) is 0.333. The number of ether oxygens (including phenoxy) is 4. The molecule has 34 heavy (non-hydrogen) atoms. The number of halogens is 2. The zero-order valence-corrected chi connectivity index (χ0v) is 20.4. The fourth-order valence-electron chi connectivity index (χ4n) is 3.71. The second-order valence-electron chi connectivity index (χ2n) is 7.25. The van der Waals surface area contributed by atoms with E-state index in [2.05, 4.69) is 22.0 Å². The molecule has 3 aromatic carbocycles. The van der Waals surface area contributed by atoms with Crippen LogP contribution in [0.2, 0.25) is 5.02 Å². The molecule has 0 radical (unpaired) electrons. The lowest BCUT2D eigenvalue weighted by molar-refractivity contribution is 0.0734. The first-order chi connectivity index (χ1) is 16.4. The summed E-state index contributed by atoms with van der Waals surface area (Å²) in [6.45, 7) is 0.